The van der Waals surface area contributed by atoms with E-state index < -0.39 is 0 Å². The largest absolute Gasteiger partial charge is 0.290 e. The SMILES string of the molecule is O=C(Nc1nnc2ccccn12)c1ccc(CSc2nc3ccccc3s2)cc1. The van der Waals surface area contributed by atoms with Gasteiger partial charge in [0.1, 0.15) is 0 Å². The summed E-state index contributed by atoms with van der Waals surface area (Å²) >= 11 is 3.40. The quantitative estimate of drug-likeness (QED) is 0.413. The summed E-state index contributed by atoms with van der Waals surface area (Å²) in [6, 6.07) is 21.3. The van der Waals surface area contributed by atoms with Gasteiger partial charge in [0.05, 0.1) is 10.2 Å². The molecular formula is C21H15N5OS2. The predicted molar refractivity (Wildman–Crippen MR) is 117 cm³/mol. The fourth-order valence-electron chi connectivity index (χ4n) is 2.91. The molecule has 5 rings (SSSR count). The molecule has 142 valence electrons. The average molecular weight is 418 g/mol. The zero-order valence-corrected chi connectivity index (χ0v) is 16.8. The van der Waals surface area contributed by atoms with E-state index in [1.807, 2.05) is 66.9 Å². The van der Waals surface area contributed by atoms with E-state index in [2.05, 4.69) is 26.6 Å². The number of thiazole rings is 1. The lowest BCUT2D eigenvalue weighted by molar-refractivity contribution is 0.102. The summed E-state index contributed by atoms with van der Waals surface area (Å²) in [4.78, 5) is 17.2. The zero-order valence-electron chi connectivity index (χ0n) is 15.1. The number of nitrogens with zero attached hydrogens (tertiary/aromatic N) is 4. The molecule has 6 nitrogen and oxygen atoms in total. The van der Waals surface area contributed by atoms with Crippen molar-refractivity contribution in [2.24, 2.45) is 0 Å². The Labute approximate surface area is 174 Å². The van der Waals surface area contributed by atoms with Gasteiger partial charge in [-0.25, -0.2) is 4.98 Å². The molecule has 0 aliphatic heterocycles. The van der Waals surface area contributed by atoms with Crippen LogP contribution in [0.15, 0.2) is 77.3 Å². The first-order chi connectivity index (χ1) is 14.3. The minimum Gasteiger partial charge on any atom is -0.290 e. The molecule has 0 fully saturated rings. The van der Waals surface area contributed by atoms with E-state index in [4.69, 9.17) is 0 Å². The number of carbonyl (C=O) groups excluding carboxylic acids is 1. The van der Waals surface area contributed by atoms with Crippen LogP contribution in [0.3, 0.4) is 0 Å². The Hall–Kier alpha value is -3.23. The summed E-state index contributed by atoms with van der Waals surface area (Å²) in [5.41, 5.74) is 3.43. The molecule has 0 saturated carbocycles. The van der Waals surface area contributed by atoms with Crippen LogP contribution in [0.2, 0.25) is 0 Å². The van der Waals surface area contributed by atoms with Crippen molar-refractivity contribution in [2.45, 2.75) is 10.1 Å². The van der Waals surface area contributed by atoms with Gasteiger partial charge in [-0.3, -0.25) is 14.5 Å². The molecule has 29 heavy (non-hydrogen) atoms. The van der Waals surface area contributed by atoms with Crippen molar-refractivity contribution >= 4 is 50.8 Å². The maximum Gasteiger partial charge on any atom is 0.258 e. The molecule has 1 N–H and O–H groups in total. The molecule has 3 heterocycles. The lowest BCUT2D eigenvalue weighted by atomic mass is 10.1. The second-order valence-electron chi connectivity index (χ2n) is 6.34. The van der Waals surface area contributed by atoms with Crippen molar-refractivity contribution < 1.29 is 4.79 Å². The summed E-state index contributed by atoms with van der Waals surface area (Å²) in [6.45, 7) is 0. The number of hydrogen-bond acceptors (Lipinski definition) is 6. The highest BCUT2D eigenvalue weighted by Gasteiger charge is 2.11. The number of anilines is 1. The lowest BCUT2D eigenvalue weighted by Gasteiger charge is -2.05. The summed E-state index contributed by atoms with van der Waals surface area (Å²) < 4.78 is 3.98. The number of fused-ring (bicyclic) bond motifs is 2. The Morgan fingerprint density at radius 3 is 2.69 bits per heavy atom. The second-order valence-corrected chi connectivity index (χ2v) is 8.59. The maximum atomic E-state index is 12.5. The zero-order chi connectivity index (χ0) is 19.6. The Morgan fingerprint density at radius 1 is 1.00 bits per heavy atom. The molecular weight excluding hydrogens is 402 g/mol. The molecule has 2 aromatic carbocycles. The highest BCUT2D eigenvalue weighted by Crippen LogP contribution is 2.31. The molecule has 0 radical (unpaired) electrons. The molecule has 0 spiro atoms. The van der Waals surface area contributed by atoms with E-state index in [0.717, 1.165) is 21.2 Å². The van der Waals surface area contributed by atoms with E-state index in [0.29, 0.717) is 17.2 Å². The molecule has 3 aromatic heterocycles. The molecule has 0 saturated heterocycles. The van der Waals surface area contributed by atoms with E-state index in [9.17, 15) is 4.79 Å². The number of thioether (sulfide) groups is 1. The Morgan fingerprint density at radius 2 is 1.83 bits per heavy atom. The standard InChI is InChI=1S/C21H15N5OS2/c27-19(23-20-25-24-18-7-3-4-12-26(18)20)15-10-8-14(9-11-15)13-28-21-22-16-5-1-2-6-17(16)29-21/h1-12H,13H2,(H,23,25,27). The van der Waals surface area contributed by atoms with E-state index in [1.54, 1.807) is 27.5 Å². The normalized spacial score (nSPS) is 11.2. The lowest BCUT2D eigenvalue weighted by Crippen LogP contribution is -2.14. The number of benzene rings is 2. The van der Waals surface area contributed by atoms with Gasteiger partial charge in [0.2, 0.25) is 5.95 Å². The van der Waals surface area contributed by atoms with Crippen LogP contribution < -0.4 is 5.32 Å². The van der Waals surface area contributed by atoms with Gasteiger partial charge in [-0.15, -0.1) is 21.5 Å². The molecule has 5 aromatic rings. The van der Waals surface area contributed by atoms with Gasteiger partial charge in [0.15, 0.2) is 9.99 Å². The minimum atomic E-state index is -0.214. The third-order valence-corrected chi connectivity index (χ3v) is 6.64. The molecule has 0 aliphatic rings. The van der Waals surface area contributed by atoms with Gasteiger partial charge in [0.25, 0.3) is 5.91 Å². The first kappa shape index (κ1) is 17.8. The number of carbonyl (C=O) groups is 1. The highest BCUT2D eigenvalue weighted by molar-refractivity contribution is 8.00. The van der Waals surface area contributed by atoms with E-state index in [1.165, 1.54) is 4.70 Å². The van der Waals surface area contributed by atoms with Gasteiger partial charge in [-0.2, -0.15) is 0 Å². The van der Waals surface area contributed by atoms with Crippen LogP contribution in [-0.2, 0) is 5.75 Å². The van der Waals surface area contributed by atoms with Crippen molar-refractivity contribution in [3.05, 3.63) is 84.1 Å². The number of aromatic nitrogens is 4. The summed E-state index contributed by atoms with van der Waals surface area (Å²) in [5.74, 6) is 0.992. The molecule has 1 amide bonds. The summed E-state index contributed by atoms with van der Waals surface area (Å²) in [5, 5.41) is 10.9. The van der Waals surface area contributed by atoms with Gasteiger partial charge in [-0.05, 0) is 42.0 Å². The maximum absolute atomic E-state index is 12.5. The summed E-state index contributed by atoms with van der Waals surface area (Å²) in [7, 11) is 0. The van der Waals surface area contributed by atoms with Crippen molar-refractivity contribution in [2.75, 3.05) is 5.32 Å². The topological polar surface area (TPSA) is 72.2 Å². The van der Waals surface area contributed by atoms with Crippen LogP contribution in [0.5, 0.6) is 0 Å². The fraction of sp³-hybridized carbons (Fsp3) is 0.0476. The van der Waals surface area contributed by atoms with Crippen molar-refractivity contribution in [1.82, 2.24) is 19.6 Å². The Kier molecular flexibility index (Phi) is 4.71. The van der Waals surface area contributed by atoms with Crippen LogP contribution in [0.4, 0.5) is 5.95 Å². The molecule has 0 unspecified atom stereocenters. The highest BCUT2D eigenvalue weighted by atomic mass is 32.2. The number of nitrogens with one attached hydrogen (secondary N) is 1. The number of hydrogen-bond donors (Lipinski definition) is 1. The Bertz CT molecular complexity index is 1280. The first-order valence-electron chi connectivity index (χ1n) is 8.95. The van der Waals surface area contributed by atoms with Crippen molar-refractivity contribution in [3.63, 3.8) is 0 Å². The second kappa shape index (κ2) is 7.65. The number of pyridine rings is 1. The van der Waals surface area contributed by atoms with Crippen LogP contribution in [0, 0.1) is 0 Å². The first-order valence-corrected chi connectivity index (χ1v) is 10.7. The molecule has 0 bridgehead atoms. The average Bonchev–Trinajstić information content (AvgIpc) is 3.36. The number of amides is 1. The van der Waals surface area contributed by atoms with E-state index in [-0.39, 0.29) is 5.91 Å². The minimum absolute atomic E-state index is 0.214. The fourth-order valence-corrected chi connectivity index (χ4v) is 4.93. The van der Waals surface area contributed by atoms with E-state index >= 15 is 0 Å². The Balaban J connectivity index is 1.25. The molecule has 0 atom stereocenters. The van der Waals surface area contributed by atoms with Crippen LogP contribution >= 0.6 is 23.1 Å². The van der Waals surface area contributed by atoms with Gasteiger partial charge < -0.3 is 0 Å². The third kappa shape index (κ3) is 3.72. The molecule has 8 heteroatoms. The summed E-state index contributed by atoms with van der Waals surface area (Å²) in [6.07, 6.45) is 1.81. The predicted octanol–water partition coefficient (Wildman–Crippen LogP) is 4.88. The molecule has 0 aliphatic carbocycles. The van der Waals surface area contributed by atoms with Gasteiger partial charge >= 0.3 is 0 Å². The monoisotopic (exact) mass is 417 g/mol. The third-order valence-electron chi connectivity index (χ3n) is 4.39. The smallest absolute Gasteiger partial charge is 0.258 e. The van der Waals surface area contributed by atoms with Gasteiger partial charge in [-0.1, -0.05) is 42.1 Å². The number of para-hydroxylation sites is 1. The van der Waals surface area contributed by atoms with Gasteiger partial charge in [0, 0.05) is 17.5 Å². The van der Waals surface area contributed by atoms with Crippen LogP contribution in [-0.4, -0.2) is 25.5 Å². The van der Waals surface area contributed by atoms with Crippen molar-refractivity contribution in [3.8, 4) is 0 Å². The number of rotatable bonds is 5. The van der Waals surface area contributed by atoms with Crippen LogP contribution in [0.1, 0.15) is 15.9 Å². The van der Waals surface area contributed by atoms with Crippen molar-refractivity contribution in [1.29, 1.82) is 0 Å². The van der Waals surface area contributed by atoms with Crippen LogP contribution in [0.25, 0.3) is 15.9 Å².